The lowest BCUT2D eigenvalue weighted by Gasteiger charge is -2.20. The molecule has 0 saturated heterocycles. The van der Waals surface area contributed by atoms with E-state index in [1.54, 1.807) is 55.6 Å². The summed E-state index contributed by atoms with van der Waals surface area (Å²) in [5.41, 5.74) is 1.37. The second-order valence-corrected chi connectivity index (χ2v) is 8.60. The van der Waals surface area contributed by atoms with Crippen molar-refractivity contribution in [3.8, 4) is 11.5 Å². The van der Waals surface area contributed by atoms with Crippen LogP contribution < -0.4 is 13.8 Å². The van der Waals surface area contributed by atoms with Gasteiger partial charge in [0.2, 0.25) is 0 Å². The summed E-state index contributed by atoms with van der Waals surface area (Å²) in [4.78, 5) is 12.5. The Labute approximate surface area is 181 Å². The highest BCUT2D eigenvalue weighted by Gasteiger charge is 2.23. The maximum Gasteiger partial charge on any atom is 0.338 e. The molecule has 162 valence electrons. The van der Waals surface area contributed by atoms with Gasteiger partial charge in [0.1, 0.15) is 18.1 Å². The minimum atomic E-state index is -3.88. The van der Waals surface area contributed by atoms with Crippen molar-refractivity contribution in [2.24, 2.45) is 0 Å². The van der Waals surface area contributed by atoms with Crippen molar-refractivity contribution in [3.63, 3.8) is 0 Å². The van der Waals surface area contributed by atoms with E-state index in [1.165, 1.54) is 38.4 Å². The van der Waals surface area contributed by atoms with Crippen LogP contribution in [0.4, 0.5) is 5.69 Å². The molecule has 0 aromatic heterocycles. The van der Waals surface area contributed by atoms with Crippen LogP contribution in [0.2, 0.25) is 0 Å². The molecule has 3 aromatic rings. The average Bonchev–Trinajstić information content (AvgIpc) is 2.82. The minimum Gasteiger partial charge on any atom is -0.497 e. The van der Waals surface area contributed by atoms with Crippen LogP contribution in [-0.2, 0) is 21.4 Å². The maximum absolute atomic E-state index is 13.0. The van der Waals surface area contributed by atoms with Gasteiger partial charge in [0, 0.05) is 7.05 Å². The van der Waals surface area contributed by atoms with E-state index in [0.29, 0.717) is 17.2 Å². The van der Waals surface area contributed by atoms with Crippen LogP contribution in [0.25, 0.3) is 0 Å². The van der Waals surface area contributed by atoms with E-state index in [2.05, 4.69) is 0 Å². The quantitative estimate of drug-likeness (QED) is 0.494. The molecule has 0 aliphatic carbocycles. The molecule has 3 rings (SSSR count). The van der Waals surface area contributed by atoms with Gasteiger partial charge in [-0.15, -0.1) is 0 Å². The number of sulfonamides is 1. The molecule has 0 heterocycles. The zero-order chi connectivity index (χ0) is 22.4. The molecule has 0 amide bonds. The lowest BCUT2D eigenvalue weighted by molar-refractivity contribution is 0.0472. The first-order valence-electron chi connectivity index (χ1n) is 9.38. The first-order valence-corrected chi connectivity index (χ1v) is 10.8. The molecule has 0 fully saturated rings. The van der Waals surface area contributed by atoms with Crippen molar-refractivity contribution in [3.05, 3.63) is 83.9 Å². The van der Waals surface area contributed by atoms with E-state index in [1.807, 2.05) is 0 Å². The van der Waals surface area contributed by atoms with E-state index >= 15 is 0 Å². The fourth-order valence-corrected chi connectivity index (χ4v) is 4.11. The molecule has 3 aromatic carbocycles. The molecular weight excluding hydrogens is 418 g/mol. The molecule has 0 spiro atoms. The Kier molecular flexibility index (Phi) is 6.81. The van der Waals surface area contributed by atoms with Gasteiger partial charge in [-0.05, 0) is 60.2 Å². The first-order chi connectivity index (χ1) is 14.8. The van der Waals surface area contributed by atoms with Crippen molar-refractivity contribution in [2.75, 3.05) is 25.6 Å². The number of benzene rings is 3. The van der Waals surface area contributed by atoms with Crippen LogP contribution in [0, 0.1) is 0 Å². The topological polar surface area (TPSA) is 82.1 Å². The summed E-state index contributed by atoms with van der Waals surface area (Å²) in [7, 11) is 0.665. The molecule has 0 radical (unpaired) electrons. The molecule has 0 atom stereocenters. The lowest BCUT2D eigenvalue weighted by Crippen LogP contribution is -2.26. The third-order valence-electron chi connectivity index (χ3n) is 4.67. The minimum absolute atomic E-state index is 0.0124. The number of ether oxygens (including phenoxy) is 3. The van der Waals surface area contributed by atoms with Gasteiger partial charge in [-0.25, -0.2) is 13.2 Å². The van der Waals surface area contributed by atoms with E-state index in [4.69, 9.17) is 14.2 Å². The molecular formula is C23H23NO6S. The molecule has 7 nitrogen and oxygen atoms in total. The number of esters is 1. The van der Waals surface area contributed by atoms with Gasteiger partial charge < -0.3 is 14.2 Å². The Morgan fingerprint density at radius 3 is 2.23 bits per heavy atom. The molecule has 0 N–H and O–H groups in total. The summed E-state index contributed by atoms with van der Waals surface area (Å²) in [6.07, 6.45) is 0. The van der Waals surface area contributed by atoms with Gasteiger partial charge in [0.15, 0.2) is 0 Å². The number of rotatable bonds is 8. The van der Waals surface area contributed by atoms with E-state index in [-0.39, 0.29) is 17.1 Å². The highest BCUT2D eigenvalue weighted by molar-refractivity contribution is 7.92. The number of carbonyl (C=O) groups excluding carboxylic acids is 1. The largest absolute Gasteiger partial charge is 0.497 e. The SMILES string of the molecule is COc1ccc(N(C)S(=O)(=O)c2cccc(C(=O)OCc3cccc(OC)c3)c2)cc1. The summed E-state index contributed by atoms with van der Waals surface area (Å²) in [6, 6.07) is 19.6. The summed E-state index contributed by atoms with van der Waals surface area (Å²) in [5, 5.41) is 0. The van der Waals surface area contributed by atoms with E-state index < -0.39 is 16.0 Å². The predicted octanol–water partition coefficient (Wildman–Crippen LogP) is 3.89. The lowest BCUT2D eigenvalue weighted by atomic mass is 10.2. The fraction of sp³-hybridized carbons (Fsp3) is 0.174. The van der Waals surface area contributed by atoms with Gasteiger partial charge in [0.25, 0.3) is 10.0 Å². The predicted molar refractivity (Wildman–Crippen MR) is 117 cm³/mol. The van der Waals surface area contributed by atoms with Crippen LogP contribution in [0.5, 0.6) is 11.5 Å². The summed E-state index contributed by atoms with van der Waals surface area (Å²) in [5.74, 6) is 0.658. The second kappa shape index (κ2) is 9.53. The summed E-state index contributed by atoms with van der Waals surface area (Å²) < 4.78 is 42.8. The molecule has 0 aliphatic rings. The van der Waals surface area contributed by atoms with Crippen LogP contribution in [-0.4, -0.2) is 35.7 Å². The van der Waals surface area contributed by atoms with Gasteiger partial charge in [0.05, 0.1) is 30.4 Å². The van der Waals surface area contributed by atoms with Crippen molar-refractivity contribution in [2.45, 2.75) is 11.5 Å². The van der Waals surface area contributed by atoms with Crippen LogP contribution in [0.1, 0.15) is 15.9 Å². The van der Waals surface area contributed by atoms with Crippen LogP contribution in [0.15, 0.2) is 77.7 Å². The normalized spacial score (nSPS) is 10.9. The number of methoxy groups -OCH3 is 2. The molecule has 0 unspecified atom stereocenters. The number of nitrogens with zero attached hydrogens (tertiary/aromatic N) is 1. The third-order valence-corrected chi connectivity index (χ3v) is 6.45. The first kappa shape index (κ1) is 22.2. The van der Waals surface area contributed by atoms with Crippen molar-refractivity contribution in [1.82, 2.24) is 0 Å². The Hall–Kier alpha value is -3.52. The smallest absolute Gasteiger partial charge is 0.338 e. The zero-order valence-corrected chi connectivity index (χ0v) is 18.3. The van der Waals surface area contributed by atoms with Gasteiger partial charge in [-0.3, -0.25) is 4.31 Å². The Morgan fingerprint density at radius 1 is 0.871 bits per heavy atom. The number of hydrogen-bond acceptors (Lipinski definition) is 6. The molecule has 0 aliphatic heterocycles. The Bertz CT molecular complexity index is 1160. The Balaban J connectivity index is 1.76. The monoisotopic (exact) mass is 441 g/mol. The van der Waals surface area contributed by atoms with Crippen molar-refractivity contribution >= 4 is 21.7 Å². The van der Waals surface area contributed by atoms with E-state index in [9.17, 15) is 13.2 Å². The maximum atomic E-state index is 13.0. The molecule has 0 bridgehead atoms. The fourth-order valence-electron chi connectivity index (χ4n) is 2.87. The summed E-state index contributed by atoms with van der Waals surface area (Å²) >= 11 is 0. The van der Waals surface area contributed by atoms with Gasteiger partial charge in [-0.2, -0.15) is 0 Å². The Morgan fingerprint density at radius 2 is 1.55 bits per heavy atom. The standard InChI is InChI=1S/C23H23NO6S/c1-24(19-10-12-20(28-2)13-11-19)31(26,27)22-9-5-7-18(15-22)23(25)30-16-17-6-4-8-21(14-17)29-3/h4-15H,16H2,1-3H3. The van der Waals surface area contributed by atoms with Gasteiger partial charge >= 0.3 is 5.97 Å². The van der Waals surface area contributed by atoms with E-state index in [0.717, 1.165) is 9.87 Å². The molecule has 31 heavy (non-hydrogen) atoms. The highest BCUT2D eigenvalue weighted by Crippen LogP contribution is 2.25. The molecule has 0 saturated carbocycles. The number of hydrogen-bond donors (Lipinski definition) is 0. The highest BCUT2D eigenvalue weighted by atomic mass is 32.2. The van der Waals surface area contributed by atoms with Gasteiger partial charge in [-0.1, -0.05) is 18.2 Å². The summed E-state index contributed by atoms with van der Waals surface area (Å²) in [6.45, 7) is 0.0404. The third kappa shape index (κ3) is 5.16. The number of anilines is 1. The zero-order valence-electron chi connectivity index (χ0n) is 17.4. The second-order valence-electron chi connectivity index (χ2n) is 6.63. The molecule has 8 heteroatoms. The van der Waals surface area contributed by atoms with Crippen molar-refractivity contribution in [1.29, 1.82) is 0 Å². The van der Waals surface area contributed by atoms with Crippen LogP contribution in [0.3, 0.4) is 0 Å². The number of carbonyl (C=O) groups is 1. The average molecular weight is 442 g/mol. The van der Waals surface area contributed by atoms with Crippen LogP contribution >= 0.6 is 0 Å². The van der Waals surface area contributed by atoms with Crippen molar-refractivity contribution < 1.29 is 27.4 Å².